The van der Waals surface area contributed by atoms with Gasteiger partial charge < -0.3 is 10.3 Å². The Morgan fingerprint density at radius 1 is 1.17 bits per heavy atom. The third kappa shape index (κ3) is 2.12. The Morgan fingerprint density at radius 2 is 2.04 bits per heavy atom. The minimum Gasteiger partial charge on any atom is -0.360 e. The average Bonchev–Trinajstić information content (AvgIpc) is 3.07. The van der Waals surface area contributed by atoms with Gasteiger partial charge in [-0.3, -0.25) is 0 Å². The molecule has 0 spiro atoms. The van der Waals surface area contributed by atoms with Crippen LogP contribution in [0.15, 0.2) is 47.5 Å². The van der Waals surface area contributed by atoms with Crippen LogP contribution < -0.4 is 5.32 Å². The lowest BCUT2D eigenvalue weighted by molar-refractivity contribution is 0.225. The van der Waals surface area contributed by atoms with Gasteiger partial charge in [-0.25, -0.2) is 8.70 Å². The number of hydrogen-bond donors (Lipinski definition) is 2. The van der Waals surface area contributed by atoms with Gasteiger partial charge in [-0.2, -0.15) is 0 Å². The predicted molar refractivity (Wildman–Crippen MR) is 96.5 cm³/mol. The van der Waals surface area contributed by atoms with Crippen molar-refractivity contribution in [3.8, 4) is 11.1 Å². The summed E-state index contributed by atoms with van der Waals surface area (Å²) in [5, 5.41) is 4.42. The van der Waals surface area contributed by atoms with Crippen molar-refractivity contribution in [3.63, 3.8) is 0 Å². The number of aromatic nitrogens is 1. The smallest absolute Gasteiger partial charge is 0.125 e. The Hall–Kier alpha value is -1.82. The van der Waals surface area contributed by atoms with Crippen LogP contribution in [0.1, 0.15) is 18.5 Å². The molecule has 0 saturated carbocycles. The lowest BCUT2D eigenvalue weighted by atomic mass is 9.99. The molecule has 24 heavy (non-hydrogen) atoms. The molecule has 5 rings (SSSR count). The summed E-state index contributed by atoms with van der Waals surface area (Å²) in [6.45, 7) is 4.43. The van der Waals surface area contributed by atoms with E-state index in [0.717, 1.165) is 29.6 Å². The lowest BCUT2D eigenvalue weighted by Crippen LogP contribution is -2.54. The monoisotopic (exact) mass is 339 g/mol. The highest BCUT2D eigenvalue weighted by Gasteiger charge is 2.36. The number of H-pyrrole nitrogens is 1. The first-order valence-electron chi connectivity index (χ1n) is 8.29. The predicted octanol–water partition coefficient (Wildman–Crippen LogP) is 4.33. The molecule has 2 aliphatic rings. The zero-order valence-corrected chi connectivity index (χ0v) is 14.2. The fourth-order valence-corrected chi connectivity index (χ4v) is 4.90. The Balaban J connectivity index is 1.55. The summed E-state index contributed by atoms with van der Waals surface area (Å²) in [4.78, 5) is 4.54. The Labute approximate surface area is 144 Å². The molecule has 3 nitrogen and oxygen atoms in total. The molecule has 1 unspecified atom stereocenters. The van der Waals surface area contributed by atoms with Gasteiger partial charge >= 0.3 is 0 Å². The molecular weight excluding hydrogens is 321 g/mol. The van der Waals surface area contributed by atoms with Gasteiger partial charge in [0.25, 0.3) is 0 Å². The standard InChI is InChI=1S/C19H18FN3S/c1-11-16-6-12(2-5-19(16)24-23(11)14-8-21-9-14)17-10-22-18-7-13(20)3-4-15(17)18/h2-7,10-11,14,21-22H,8-9H2,1H3. The molecule has 1 fully saturated rings. The minimum atomic E-state index is -0.209. The van der Waals surface area contributed by atoms with Crippen LogP contribution in [0.3, 0.4) is 0 Å². The summed E-state index contributed by atoms with van der Waals surface area (Å²) in [5.41, 5.74) is 4.55. The summed E-state index contributed by atoms with van der Waals surface area (Å²) < 4.78 is 15.9. The van der Waals surface area contributed by atoms with Gasteiger partial charge in [0.1, 0.15) is 5.82 Å². The number of fused-ring (bicyclic) bond motifs is 2. The van der Waals surface area contributed by atoms with E-state index in [1.54, 1.807) is 6.07 Å². The Bertz CT molecular complexity index is 932. The topological polar surface area (TPSA) is 31.1 Å². The maximum atomic E-state index is 13.4. The summed E-state index contributed by atoms with van der Waals surface area (Å²) in [6, 6.07) is 12.7. The third-order valence-electron chi connectivity index (χ3n) is 5.12. The number of benzene rings is 2. The van der Waals surface area contributed by atoms with E-state index in [1.165, 1.54) is 22.1 Å². The van der Waals surface area contributed by atoms with E-state index in [9.17, 15) is 4.39 Å². The molecular formula is C19H18FN3S. The summed E-state index contributed by atoms with van der Waals surface area (Å²) in [5.74, 6) is -0.209. The lowest BCUT2D eigenvalue weighted by Gasteiger charge is -2.37. The second-order valence-electron chi connectivity index (χ2n) is 6.58. The maximum absolute atomic E-state index is 13.4. The molecule has 0 amide bonds. The normalized spacial score (nSPS) is 21.2. The van der Waals surface area contributed by atoms with Gasteiger partial charge in [-0.05, 0) is 60.3 Å². The highest BCUT2D eigenvalue weighted by atomic mass is 32.2. The van der Waals surface area contributed by atoms with Crippen molar-refractivity contribution in [1.82, 2.24) is 14.6 Å². The average molecular weight is 339 g/mol. The number of nitrogens with zero attached hydrogens (tertiary/aromatic N) is 1. The van der Waals surface area contributed by atoms with Gasteiger partial charge in [0, 0.05) is 52.7 Å². The number of halogens is 1. The summed E-state index contributed by atoms with van der Waals surface area (Å²) in [6.07, 6.45) is 1.98. The molecule has 2 aliphatic heterocycles. The number of rotatable bonds is 2. The van der Waals surface area contributed by atoms with Crippen molar-refractivity contribution < 1.29 is 4.39 Å². The molecule has 0 bridgehead atoms. The van der Waals surface area contributed by atoms with Crippen LogP contribution in [0.25, 0.3) is 22.0 Å². The first kappa shape index (κ1) is 14.5. The van der Waals surface area contributed by atoms with Gasteiger partial charge in [0.15, 0.2) is 0 Å². The molecule has 2 aromatic carbocycles. The van der Waals surface area contributed by atoms with Crippen molar-refractivity contribution in [2.45, 2.75) is 23.9 Å². The molecule has 122 valence electrons. The van der Waals surface area contributed by atoms with Gasteiger partial charge in [-0.1, -0.05) is 6.07 Å². The highest BCUT2D eigenvalue weighted by molar-refractivity contribution is 7.97. The molecule has 0 aliphatic carbocycles. The van der Waals surface area contributed by atoms with Crippen molar-refractivity contribution in [2.75, 3.05) is 13.1 Å². The Kier molecular flexibility index (Phi) is 3.23. The molecule has 1 aromatic heterocycles. The van der Waals surface area contributed by atoms with Crippen LogP contribution in [0.5, 0.6) is 0 Å². The fourth-order valence-electron chi connectivity index (χ4n) is 3.64. The van der Waals surface area contributed by atoms with Crippen LogP contribution >= 0.6 is 11.9 Å². The fraction of sp³-hybridized carbons (Fsp3) is 0.263. The first-order valence-corrected chi connectivity index (χ1v) is 9.06. The molecule has 3 aromatic rings. The second kappa shape index (κ2) is 5.34. The van der Waals surface area contributed by atoms with Crippen LogP contribution in [0, 0.1) is 5.82 Å². The number of hydrogen-bond acceptors (Lipinski definition) is 3. The molecule has 0 radical (unpaired) electrons. The molecule has 5 heteroatoms. The number of nitrogens with one attached hydrogen (secondary N) is 2. The van der Waals surface area contributed by atoms with E-state index in [4.69, 9.17) is 0 Å². The van der Waals surface area contributed by atoms with Crippen LogP contribution in [0.2, 0.25) is 0 Å². The SMILES string of the molecule is CC1c2cc(-c3c[nH]c4cc(F)ccc34)ccc2SN1C1CNC1. The number of aromatic amines is 1. The largest absolute Gasteiger partial charge is 0.360 e. The van der Waals surface area contributed by atoms with E-state index in [2.05, 4.69) is 39.7 Å². The van der Waals surface area contributed by atoms with Gasteiger partial charge in [0.05, 0.1) is 0 Å². The van der Waals surface area contributed by atoms with Crippen molar-refractivity contribution in [3.05, 3.63) is 54.0 Å². The Morgan fingerprint density at radius 3 is 2.83 bits per heavy atom. The van der Waals surface area contributed by atoms with E-state index >= 15 is 0 Å². The summed E-state index contributed by atoms with van der Waals surface area (Å²) in [7, 11) is 0. The van der Waals surface area contributed by atoms with Crippen LogP contribution in [-0.4, -0.2) is 28.4 Å². The quantitative estimate of drug-likeness (QED) is 0.682. The van der Waals surface area contributed by atoms with Crippen LogP contribution in [-0.2, 0) is 0 Å². The zero-order chi connectivity index (χ0) is 16.3. The van der Waals surface area contributed by atoms with Crippen molar-refractivity contribution >= 4 is 22.9 Å². The third-order valence-corrected chi connectivity index (χ3v) is 6.51. The van der Waals surface area contributed by atoms with Gasteiger partial charge in [0.2, 0.25) is 0 Å². The van der Waals surface area contributed by atoms with E-state index in [-0.39, 0.29) is 5.82 Å². The minimum absolute atomic E-state index is 0.209. The van der Waals surface area contributed by atoms with Crippen molar-refractivity contribution in [1.29, 1.82) is 0 Å². The highest BCUT2D eigenvalue weighted by Crippen LogP contribution is 2.47. The first-order chi connectivity index (χ1) is 11.7. The zero-order valence-electron chi connectivity index (χ0n) is 13.3. The molecule has 1 saturated heterocycles. The second-order valence-corrected chi connectivity index (χ2v) is 7.63. The maximum Gasteiger partial charge on any atom is 0.125 e. The van der Waals surface area contributed by atoms with E-state index in [1.807, 2.05) is 24.2 Å². The molecule has 3 heterocycles. The molecule has 2 N–H and O–H groups in total. The van der Waals surface area contributed by atoms with Crippen LogP contribution in [0.4, 0.5) is 4.39 Å². The van der Waals surface area contributed by atoms with E-state index in [0.29, 0.717) is 12.1 Å². The van der Waals surface area contributed by atoms with E-state index < -0.39 is 0 Å². The van der Waals surface area contributed by atoms with Crippen molar-refractivity contribution in [2.24, 2.45) is 0 Å². The van der Waals surface area contributed by atoms with Gasteiger partial charge in [-0.15, -0.1) is 0 Å². The molecule has 1 atom stereocenters. The summed E-state index contributed by atoms with van der Waals surface area (Å²) >= 11 is 1.88.